The van der Waals surface area contributed by atoms with Gasteiger partial charge in [-0.3, -0.25) is 4.79 Å². The maximum atomic E-state index is 12.5. The van der Waals surface area contributed by atoms with Crippen molar-refractivity contribution in [3.63, 3.8) is 0 Å². The highest BCUT2D eigenvalue weighted by molar-refractivity contribution is 8.03. The van der Waals surface area contributed by atoms with Gasteiger partial charge in [-0.2, -0.15) is 5.26 Å². The number of ether oxygens (including phenoxy) is 2. The van der Waals surface area contributed by atoms with E-state index in [2.05, 4.69) is 0 Å². The summed E-state index contributed by atoms with van der Waals surface area (Å²) in [5, 5.41) is 10.0. The number of Topliss-reactive ketones (excluding diaryl/α,β-unsaturated/α-hetero) is 1. The largest absolute Gasteiger partial charge is 0.454 e. The van der Waals surface area contributed by atoms with Crippen LogP contribution >= 0.6 is 11.8 Å². The lowest BCUT2D eigenvalue weighted by Crippen LogP contribution is -2.20. The number of ketones is 1. The molecule has 0 bridgehead atoms. The van der Waals surface area contributed by atoms with E-state index >= 15 is 0 Å². The van der Waals surface area contributed by atoms with Crippen molar-refractivity contribution in [2.24, 2.45) is 0 Å². The van der Waals surface area contributed by atoms with Crippen LogP contribution in [0.25, 0.3) is 0 Å². The second-order valence-electron chi connectivity index (χ2n) is 6.05. The Morgan fingerprint density at radius 3 is 2.50 bits per heavy atom. The molecule has 1 heterocycles. The van der Waals surface area contributed by atoms with E-state index in [4.69, 9.17) is 9.47 Å². The number of methoxy groups -OCH3 is 1. The van der Waals surface area contributed by atoms with Gasteiger partial charge in [0.2, 0.25) is 5.78 Å². The second kappa shape index (κ2) is 8.74. The third-order valence-corrected chi connectivity index (χ3v) is 5.41. The summed E-state index contributed by atoms with van der Waals surface area (Å²) in [5.41, 5.74) is 2.16. The molecular weight excluding hydrogens is 376 g/mol. The van der Waals surface area contributed by atoms with Gasteiger partial charge in [0.15, 0.2) is 6.61 Å². The summed E-state index contributed by atoms with van der Waals surface area (Å²) in [6.45, 7) is -0.0454. The van der Waals surface area contributed by atoms with Crippen LogP contribution in [0.2, 0.25) is 0 Å². The Morgan fingerprint density at radius 1 is 1.14 bits per heavy atom. The first-order valence-corrected chi connectivity index (χ1v) is 9.30. The SMILES string of the molecule is COCc1ccc(C(=O)OCC(=O)/C(C#N)=C2\Sc3ccccc3N2C)cc1. The quantitative estimate of drug-likeness (QED) is 0.421. The zero-order valence-electron chi connectivity index (χ0n) is 15.5. The number of para-hydroxylation sites is 1. The van der Waals surface area contributed by atoms with Gasteiger partial charge >= 0.3 is 5.97 Å². The minimum absolute atomic E-state index is 0.0213. The van der Waals surface area contributed by atoms with E-state index in [1.807, 2.05) is 30.3 Å². The van der Waals surface area contributed by atoms with Gasteiger partial charge in [-0.1, -0.05) is 36.0 Å². The van der Waals surface area contributed by atoms with E-state index in [0.29, 0.717) is 17.2 Å². The van der Waals surface area contributed by atoms with Crippen LogP contribution < -0.4 is 4.90 Å². The van der Waals surface area contributed by atoms with Gasteiger partial charge in [0, 0.05) is 19.1 Å². The zero-order chi connectivity index (χ0) is 20.1. The summed E-state index contributed by atoms with van der Waals surface area (Å²) in [6.07, 6.45) is 0. The molecule has 1 aliphatic rings. The van der Waals surface area contributed by atoms with Gasteiger partial charge in [0.05, 0.1) is 17.9 Å². The van der Waals surface area contributed by atoms with Crippen LogP contribution in [0.5, 0.6) is 0 Å². The Hall–Kier alpha value is -3.08. The molecule has 0 atom stereocenters. The van der Waals surface area contributed by atoms with E-state index in [0.717, 1.165) is 16.1 Å². The van der Waals surface area contributed by atoms with E-state index in [-0.39, 0.29) is 5.57 Å². The number of nitriles is 1. The predicted molar refractivity (Wildman–Crippen MR) is 106 cm³/mol. The molecule has 0 spiro atoms. The van der Waals surface area contributed by atoms with Crippen LogP contribution in [0.3, 0.4) is 0 Å². The van der Waals surface area contributed by atoms with E-state index in [9.17, 15) is 14.9 Å². The van der Waals surface area contributed by atoms with Crippen LogP contribution in [0.1, 0.15) is 15.9 Å². The molecular formula is C21H18N2O4S. The molecule has 0 aliphatic carbocycles. The lowest BCUT2D eigenvalue weighted by molar-refractivity contribution is -0.118. The second-order valence-corrected chi connectivity index (χ2v) is 7.08. The third kappa shape index (κ3) is 4.09. The fraction of sp³-hybridized carbons (Fsp3) is 0.190. The number of rotatable bonds is 6. The van der Waals surface area contributed by atoms with Crippen molar-refractivity contribution >= 4 is 29.2 Å². The van der Waals surface area contributed by atoms with E-state index in [1.54, 1.807) is 43.3 Å². The fourth-order valence-corrected chi connectivity index (χ4v) is 3.90. The van der Waals surface area contributed by atoms with Crippen LogP contribution in [0.15, 0.2) is 64.0 Å². The van der Waals surface area contributed by atoms with Gasteiger partial charge in [-0.15, -0.1) is 0 Å². The third-order valence-electron chi connectivity index (χ3n) is 4.18. The summed E-state index contributed by atoms with van der Waals surface area (Å²) in [6, 6.07) is 16.3. The lowest BCUT2D eigenvalue weighted by Gasteiger charge is -2.14. The molecule has 1 aliphatic heterocycles. The first-order chi connectivity index (χ1) is 13.5. The first-order valence-electron chi connectivity index (χ1n) is 8.48. The molecule has 2 aromatic carbocycles. The summed E-state index contributed by atoms with van der Waals surface area (Å²) in [4.78, 5) is 27.5. The smallest absolute Gasteiger partial charge is 0.338 e. The van der Waals surface area contributed by atoms with Crippen molar-refractivity contribution in [2.45, 2.75) is 11.5 Å². The molecule has 0 aromatic heterocycles. The van der Waals surface area contributed by atoms with Crippen LogP contribution in [0, 0.1) is 11.3 Å². The molecule has 142 valence electrons. The number of hydrogen-bond acceptors (Lipinski definition) is 7. The normalized spacial score (nSPS) is 14.2. The van der Waals surface area contributed by atoms with Gasteiger partial charge in [0.1, 0.15) is 16.7 Å². The summed E-state index contributed by atoms with van der Waals surface area (Å²) in [7, 11) is 3.39. The lowest BCUT2D eigenvalue weighted by atomic mass is 10.1. The van der Waals surface area contributed by atoms with Crippen molar-refractivity contribution in [1.29, 1.82) is 5.26 Å². The number of esters is 1. The number of nitrogens with zero attached hydrogens (tertiary/aromatic N) is 2. The van der Waals surface area contributed by atoms with E-state index < -0.39 is 18.4 Å². The monoisotopic (exact) mass is 394 g/mol. The number of carbonyl (C=O) groups excluding carboxylic acids is 2. The Balaban J connectivity index is 1.68. The number of benzene rings is 2. The van der Waals surface area contributed by atoms with Crippen LogP contribution in [0.4, 0.5) is 5.69 Å². The zero-order valence-corrected chi connectivity index (χ0v) is 16.3. The average Bonchev–Trinajstić information content (AvgIpc) is 3.04. The van der Waals surface area contributed by atoms with E-state index in [1.165, 1.54) is 11.8 Å². The Labute approximate surface area is 167 Å². The average molecular weight is 394 g/mol. The maximum absolute atomic E-state index is 12.5. The number of anilines is 1. The van der Waals surface area contributed by atoms with Crippen molar-refractivity contribution in [3.05, 3.63) is 70.3 Å². The van der Waals surface area contributed by atoms with Crippen molar-refractivity contribution in [3.8, 4) is 6.07 Å². The molecule has 28 heavy (non-hydrogen) atoms. The predicted octanol–water partition coefficient (Wildman–Crippen LogP) is 3.54. The van der Waals surface area contributed by atoms with Gasteiger partial charge < -0.3 is 14.4 Å². The summed E-state index contributed by atoms with van der Waals surface area (Å²) in [5.74, 6) is -1.15. The molecule has 0 saturated carbocycles. The Morgan fingerprint density at radius 2 is 1.86 bits per heavy atom. The topological polar surface area (TPSA) is 79.6 Å². The number of carbonyl (C=O) groups is 2. The first kappa shape index (κ1) is 19.7. The highest BCUT2D eigenvalue weighted by Crippen LogP contribution is 2.46. The number of thioether (sulfide) groups is 1. The molecule has 0 amide bonds. The minimum Gasteiger partial charge on any atom is -0.454 e. The molecule has 0 N–H and O–H groups in total. The Kier molecular flexibility index (Phi) is 6.14. The molecule has 2 aromatic rings. The molecule has 3 rings (SSSR count). The molecule has 7 heteroatoms. The van der Waals surface area contributed by atoms with Crippen LogP contribution in [-0.2, 0) is 20.9 Å². The highest BCUT2D eigenvalue weighted by Gasteiger charge is 2.28. The van der Waals surface area contributed by atoms with Crippen molar-refractivity contribution in [2.75, 3.05) is 25.7 Å². The maximum Gasteiger partial charge on any atom is 0.338 e. The summed E-state index contributed by atoms with van der Waals surface area (Å²) >= 11 is 1.35. The Bertz CT molecular complexity index is 977. The van der Waals surface area contributed by atoms with Gasteiger partial charge in [-0.25, -0.2) is 4.79 Å². The molecule has 0 radical (unpaired) electrons. The molecule has 0 fully saturated rings. The molecule has 0 unspecified atom stereocenters. The van der Waals surface area contributed by atoms with Crippen LogP contribution in [-0.4, -0.2) is 32.5 Å². The van der Waals surface area contributed by atoms with Crippen molar-refractivity contribution in [1.82, 2.24) is 0 Å². The van der Waals surface area contributed by atoms with Crippen molar-refractivity contribution < 1.29 is 19.1 Å². The minimum atomic E-state index is -0.615. The molecule has 0 saturated heterocycles. The fourth-order valence-electron chi connectivity index (χ4n) is 2.74. The highest BCUT2D eigenvalue weighted by atomic mass is 32.2. The number of hydrogen-bond donors (Lipinski definition) is 0. The number of fused-ring (bicyclic) bond motifs is 1. The summed E-state index contributed by atoms with van der Waals surface area (Å²) < 4.78 is 10.1. The van der Waals surface area contributed by atoms with Gasteiger partial charge in [0.25, 0.3) is 0 Å². The molecule has 6 nitrogen and oxygen atoms in total. The van der Waals surface area contributed by atoms with Gasteiger partial charge in [-0.05, 0) is 29.8 Å². The standard InChI is InChI=1S/C21H18N2O4S/c1-23-17-5-3-4-6-19(17)28-20(23)16(11-22)18(24)13-27-21(25)15-9-7-14(8-10-15)12-26-2/h3-10H,12-13H2,1-2H3/b20-16-.